The summed E-state index contributed by atoms with van der Waals surface area (Å²) in [5, 5.41) is 0. The van der Waals surface area contributed by atoms with Gasteiger partial charge >= 0.3 is 5.97 Å². The number of esters is 1. The number of carbonyl (C=O) groups is 1. The fraction of sp³-hybridized carbons (Fsp3) is 0.429. The van der Waals surface area contributed by atoms with Gasteiger partial charge in [0.05, 0.1) is 13.7 Å². The predicted molar refractivity (Wildman–Crippen MR) is 67.1 cm³/mol. The van der Waals surface area contributed by atoms with Crippen LogP contribution in [0.25, 0.3) is 0 Å². The number of para-hydroxylation sites is 1. The Hall–Kier alpha value is -1.51. The van der Waals surface area contributed by atoms with Crippen LogP contribution >= 0.6 is 0 Å². The first-order valence-corrected chi connectivity index (χ1v) is 5.89. The van der Waals surface area contributed by atoms with E-state index in [0.29, 0.717) is 17.9 Å². The second kappa shape index (κ2) is 7.71. The molecule has 0 amide bonds. The molecule has 0 spiro atoms. The van der Waals surface area contributed by atoms with Crippen molar-refractivity contribution in [1.29, 1.82) is 0 Å². The standard InChI is InChI=1S/C14H19O3/c1-3-4-5-8-11-17-14(15)12-9-6-7-10-13(12)16-2/h6-7,9-10H,1,3-5,8,11H2,2H3. The molecule has 0 aliphatic rings. The van der Waals surface area contributed by atoms with Gasteiger partial charge in [-0.25, -0.2) is 4.79 Å². The molecule has 0 heterocycles. The lowest BCUT2D eigenvalue weighted by atomic mass is 10.2. The predicted octanol–water partition coefficient (Wildman–Crippen LogP) is 3.25. The molecule has 0 bridgehead atoms. The zero-order valence-corrected chi connectivity index (χ0v) is 10.3. The Morgan fingerprint density at radius 3 is 2.71 bits per heavy atom. The second-order valence-electron chi connectivity index (χ2n) is 3.75. The SMILES string of the molecule is [CH2]CCCCCOC(=O)c1ccccc1OC. The van der Waals surface area contributed by atoms with E-state index in [-0.39, 0.29) is 5.97 Å². The van der Waals surface area contributed by atoms with Crippen LogP contribution in [0.1, 0.15) is 36.0 Å². The maximum Gasteiger partial charge on any atom is 0.341 e. The number of unbranched alkanes of at least 4 members (excludes halogenated alkanes) is 3. The highest BCUT2D eigenvalue weighted by Gasteiger charge is 2.12. The molecule has 0 fully saturated rings. The fourth-order valence-corrected chi connectivity index (χ4v) is 1.51. The molecule has 0 N–H and O–H groups in total. The van der Waals surface area contributed by atoms with Gasteiger partial charge in [0.1, 0.15) is 11.3 Å². The van der Waals surface area contributed by atoms with E-state index in [1.807, 2.05) is 6.07 Å². The van der Waals surface area contributed by atoms with E-state index in [9.17, 15) is 4.79 Å². The summed E-state index contributed by atoms with van der Waals surface area (Å²) >= 11 is 0. The monoisotopic (exact) mass is 235 g/mol. The van der Waals surface area contributed by atoms with E-state index in [0.717, 1.165) is 25.7 Å². The number of carbonyl (C=O) groups excluding carboxylic acids is 1. The molecule has 17 heavy (non-hydrogen) atoms. The van der Waals surface area contributed by atoms with Crippen LogP contribution in [0, 0.1) is 6.92 Å². The van der Waals surface area contributed by atoms with Gasteiger partial charge in [-0.3, -0.25) is 0 Å². The molecule has 1 rings (SSSR count). The van der Waals surface area contributed by atoms with Crippen molar-refractivity contribution in [3.05, 3.63) is 36.8 Å². The first-order valence-electron chi connectivity index (χ1n) is 5.89. The third kappa shape index (κ3) is 4.47. The highest BCUT2D eigenvalue weighted by molar-refractivity contribution is 5.92. The Balaban J connectivity index is 2.41. The van der Waals surface area contributed by atoms with Crippen molar-refractivity contribution >= 4 is 5.97 Å². The average molecular weight is 235 g/mol. The Kier molecular flexibility index (Phi) is 6.15. The van der Waals surface area contributed by atoms with Gasteiger partial charge in [-0.1, -0.05) is 38.3 Å². The normalized spacial score (nSPS) is 10.0. The molecule has 3 nitrogen and oxygen atoms in total. The molecule has 0 atom stereocenters. The maximum absolute atomic E-state index is 11.7. The number of benzene rings is 1. The highest BCUT2D eigenvalue weighted by atomic mass is 16.5. The smallest absolute Gasteiger partial charge is 0.341 e. The van der Waals surface area contributed by atoms with Crippen LogP contribution in [0.5, 0.6) is 5.75 Å². The molecule has 0 aliphatic carbocycles. The maximum atomic E-state index is 11.7. The Morgan fingerprint density at radius 2 is 2.00 bits per heavy atom. The summed E-state index contributed by atoms with van der Waals surface area (Å²) < 4.78 is 10.3. The Bertz CT molecular complexity index is 347. The Morgan fingerprint density at radius 1 is 1.24 bits per heavy atom. The molecule has 0 saturated carbocycles. The van der Waals surface area contributed by atoms with Crippen molar-refractivity contribution in [1.82, 2.24) is 0 Å². The van der Waals surface area contributed by atoms with Crippen molar-refractivity contribution in [2.45, 2.75) is 25.7 Å². The van der Waals surface area contributed by atoms with Crippen molar-refractivity contribution in [3.63, 3.8) is 0 Å². The van der Waals surface area contributed by atoms with Crippen molar-refractivity contribution in [2.24, 2.45) is 0 Å². The topological polar surface area (TPSA) is 35.5 Å². The van der Waals surface area contributed by atoms with Crippen LogP contribution in [-0.4, -0.2) is 19.7 Å². The lowest BCUT2D eigenvalue weighted by Crippen LogP contribution is -2.08. The summed E-state index contributed by atoms with van der Waals surface area (Å²) in [4.78, 5) is 11.7. The number of ether oxygens (including phenoxy) is 2. The minimum Gasteiger partial charge on any atom is -0.496 e. The summed E-state index contributed by atoms with van der Waals surface area (Å²) in [7, 11) is 1.54. The van der Waals surface area contributed by atoms with Crippen LogP contribution in [0.2, 0.25) is 0 Å². The van der Waals surface area contributed by atoms with Crippen molar-refractivity contribution in [3.8, 4) is 5.75 Å². The van der Waals surface area contributed by atoms with Crippen molar-refractivity contribution < 1.29 is 14.3 Å². The average Bonchev–Trinajstić information content (AvgIpc) is 2.38. The van der Waals surface area contributed by atoms with Crippen LogP contribution < -0.4 is 4.74 Å². The number of methoxy groups -OCH3 is 1. The van der Waals surface area contributed by atoms with Gasteiger partial charge in [-0.05, 0) is 18.6 Å². The van der Waals surface area contributed by atoms with E-state index in [1.54, 1.807) is 25.3 Å². The minimum atomic E-state index is -0.322. The van der Waals surface area contributed by atoms with Crippen LogP contribution in [0.15, 0.2) is 24.3 Å². The van der Waals surface area contributed by atoms with Gasteiger partial charge in [0.25, 0.3) is 0 Å². The molecule has 0 unspecified atom stereocenters. The zero-order valence-electron chi connectivity index (χ0n) is 10.3. The lowest BCUT2D eigenvalue weighted by molar-refractivity contribution is 0.0494. The number of hydrogen-bond donors (Lipinski definition) is 0. The third-order valence-corrected chi connectivity index (χ3v) is 2.45. The summed E-state index contributed by atoms with van der Waals surface area (Å²) in [6, 6.07) is 7.07. The molecule has 1 aromatic carbocycles. The molecule has 0 aromatic heterocycles. The molecular weight excluding hydrogens is 216 g/mol. The minimum absolute atomic E-state index is 0.322. The van der Waals surface area contributed by atoms with Gasteiger partial charge in [-0.2, -0.15) is 0 Å². The lowest BCUT2D eigenvalue weighted by Gasteiger charge is -2.08. The van der Waals surface area contributed by atoms with Gasteiger partial charge in [0, 0.05) is 0 Å². The van der Waals surface area contributed by atoms with Crippen molar-refractivity contribution in [2.75, 3.05) is 13.7 Å². The Labute approximate surface area is 103 Å². The summed E-state index contributed by atoms with van der Waals surface area (Å²) in [5.74, 6) is 0.229. The summed E-state index contributed by atoms with van der Waals surface area (Å²) in [5.41, 5.74) is 0.479. The van der Waals surface area contributed by atoms with Crippen LogP contribution in [0.3, 0.4) is 0 Å². The van der Waals surface area contributed by atoms with E-state index < -0.39 is 0 Å². The first-order chi connectivity index (χ1) is 8.29. The molecule has 0 aliphatic heterocycles. The highest BCUT2D eigenvalue weighted by Crippen LogP contribution is 2.18. The molecule has 1 radical (unpaired) electrons. The fourth-order valence-electron chi connectivity index (χ4n) is 1.51. The first kappa shape index (κ1) is 13.6. The van der Waals surface area contributed by atoms with Gasteiger partial charge in [0.2, 0.25) is 0 Å². The molecular formula is C14H19O3. The quantitative estimate of drug-likeness (QED) is 0.537. The third-order valence-electron chi connectivity index (χ3n) is 2.45. The molecule has 1 aromatic rings. The molecule has 93 valence electrons. The number of rotatable bonds is 7. The van der Waals surface area contributed by atoms with Gasteiger partial charge < -0.3 is 9.47 Å². The summed E-state index contributed by atoms with van der Waals surface area (Å²) in [6.45, 7) is 4.22. The largest absolute Gasteiger partial charge is 0.496 e. The van der Waals surface area contributed by atoms with Crippen LogP contribution in [0.4, 0.5) is 0 Å². The van der Waals surface area contributed by atoms with Gasteiger partial charge in [-0.15, -0.1) is 0 Å². The van der Waals surface area contributed by atoms with E-state index in [1.165, 1.54) is 0 Å². The van der Waals surface area contributed by atoms with Crippen LogP contribution in [-0.2, 0) is 4.74 Å². The zero-order chi connectivity index (χ0) is 12.5. The van der Waals surface area contributed by atoms with Gasteiger partial charge in [0.15, 0.2) is 0 Å². The summed E-state index contributed by atoms with van der Waals surface area (Å²) in [6.07, 6.45) is 3.94. The molecule has 0 saturated heterocycles. The van der Waals surface area contributed by atoms with E-state index in [4.69, 9.17) is 9.47 Å². The molecule has 3 heteroatoms. The van der Waals surface area contributed by atoms with E-state index >= 15 is 0 Å². The number of hydrogen-bond acceptors (Lipinski definition) is 3. The van der Waals surface area contributed by atoms with E-state index in [2.05, 4.69) is 6.92 Å². The second-order valence-corrected chi connectivity index (χ2v) is 3.75.